The van der Waals surface area contributed by atoms with E-state index in [-0.39, 0.29) is 6.61 Å². The van der Waals surface area contributed by atoms with E-state index < -0.39 is 6.10 Å². The fourth-order valence-electron chi connectivity index (χ4n) is 1.65. The average Bonchev–Trinajstić information content (AvgIpc) is 2.83. The van der Waals surface area contributed by atoms with Gasteiger partial charge in [0.25, 0.3) is 0 Å². The van der Waals surface area contributed by atoms with E-state index in [2.05, 4.69) is 10.4 Å². The Balaban J connectivity index is 2.01. The molecule has 0 radical (unpaired) electrons. The molecule has 0 saturated carbocycles. The van der Waals surface area contributed by atoms with E-state index in [1.165, 1.54) is 0 Å². The minimum atomic E-state index is -0.733. The number of anilines is 1. The Morgan fingerprint density at radius 3 is 2.56 bits per heavy atom. The maximum absolute atomic E-state index is 9.23. The summed E-state index contributed by atoms with van der Waals surface area (Å²) in [5.74, 6) is 0. The lowest BCUT2D eigenvalue weighted by Crippen LogP contribution is -2.22. The van der Waals surface area contributed by atoms with Crippen LogP contribution in [0.15, 0.2) is 36.7 Å². The molecular weight excluding hydrogens is 230 g/mol. The van der Waals surface area contributed by atoms with Gasteiger partial charge in [0.05, 0.1) is 18.9 Å². The van der Waals surface area contributed by atoms with Gasteiger partial charge in [0.2, 0.25) is 0 Å². The predicted molar refractivity (Wildman–Crippen MR) is 70.2 cm³/mol. The van der Waals surface area contributed by atoms with E-state index in [1.54, 1.807) is 4.68 Å². The van der Waals surface area contributed by atoms with Gasteiger partial charge >= 0.3 is 0 Å². The Morgan fingerprint density at radius 2 is 2.00 bits per heavy atom. The third-order valence-electron chi connectivity index (χ3n) is 2.68. The van der Waals surface area contributed by atoms with Crippen molar-refractivity contribution in [2.24, 2.45) is 7.05 Å². The number of nitrogens with one attached hydrogen (secondary N) is 1. The second kappa shape index (κ2) is 5.66. The molecule has 96 valence electrons. The highest BCUT2D eigenvalue weighted by atomic mass is 16.3. The number of aromatic nitrogens is 2. The minimum absolute atomic E-state index is 0.235. The lowest BCUT2D eigenvalue weighted by atomic mass is 10.1. The third-order valence-corrected chi connectivity index (χ3v) is 2.68. The molecule has 0 saturated heterocycles. The van der Waals surface area contributed by atoms with Crippen LogP contribution in [0.1, 0.15) is 0 Å². The molecule has 2 aromatic rings. The number of aliphatic hydroxyl groups is 2. The second-order valence-corrected chi connectivity index (χ2v) is 4.20. The van der Waals surface area contributed by atoms with Crippen LogP contribution in [0, 0.1) is 0 Å². The van der Waals surface area contributed by atoms with Gasteiger partial charge in [-0.2, -0.15) is 5.10 Å². The number of rotatable bonds is 5. The van der Waals surface area contributed by atoms with Crippen LogP contribution < -0.4 is 5.32 Å². The summed E-state index contributed by atoms with van der Waals surface area (Å²) in [6, 6.07) is 7.86. The maximum atomic E-state index is 9.23. The van der Waals surface area contributed by atoms with Gasteiger partial charge in [-0.3, -0.25) is 4.68 Å². The zero-order valence-corrected chi connectivity index (χ0v) is 10.2. The molecule has 5 nitrogen and oxygen atoms in total. The molecule has 0 fully saturated rings. The fraction of sp³-hybridized carbons (Fsp3) is 0.308. The number of aliphatic hydroxyl groups excluding tert-OH is 2. The monoisotopic (exact) mass is 247 g/mol. The van der Waals surface area contributed by atoms with E-state index in [4.69, 9.17) is 5.11 Å². The van der Waals surface area contributed by atoms with Gasteiger partial charge in [0.1, 0.15) is 0 Å². The minimum Gasteiger partial charge on any atom is -0.394 e. The smallest absolute Gasteiger partial charge is 0.0942 e. The van der Waals surface area contributed by atoms with Gasteiger partial charge in [-0.25, -0.2) is 0 Å². The summed E-state index contributed by atoms with van der Waals surface area (Å²) in [6.07, 6.45) is 3.04. The predicted octanol–water partition coefficient (Wildman–Crippen LogP) is 0.852. The van der Waals surface area contributed by atoms with E-state index in [0.717, 1.165) is 16.8 Å². The van der Waals surface area contributed by atoms with E-state index in [9.17, 15) is 5.11 Å². The molecule has 18 heavy (non-hydrogen) atoms. The lowest BCUT2D eigenvalue weighted by Gasteiger charge is -2.10. The van der Waals surface area contributed by atoms with E-state index >= 15 is 0 Å². The summed E-state index contributed by atoms with van der Waals surface area (Å²) in [5, 5.41) is 25.1. The van der Waals surface area contributed by atoms with Gasteiger partial charge in [0.15, 0.2) is 0 Å². The zero-order valence-electron chi connectivity index (χ0n) is 10.2. The summed E-state index contributed by atoms with van der Waals surface area (Å²) in [5.41, 5.74) is 3.07. The van der Waals surface area contributed by atoms with Crippen LogP contribution in [-0.4, -0.2) is 39.2 Å². The summed E-state index contributed by atoms with van der Waals surface area (Å²) in [7, 11) is 1.88. The molecule has 1 unspecified atom stereocenters. The average molecular weight is 247 g/mol. The molecule has 1 heterocycles. The SMILES string of the molecule is Cn1cc(-c2ccc(NCC(O)CO)cc2)cn1. The van der Waals surface area contributed by atoms with Crippen LogP contribution in [0.2, 0.25) is 0 Å². The van der Waals surface area contributed by atoms with E-state index in [0.29, 0.717) is 6.54 Å². The Morgan fingerprint density at radius 1 is 1.28 bits per heavy atom. The Bertz CT molecular complexity index is 493. The van der Waals surface area contributed by atoms with Crippen LogP contribution in [0.5, 0.6) is 0 Å². The standard InChI is InChI=1S/C13H17N3O2/c1-16-8-11(6-15-16)10-2-4-12(5-3-10)14-7-13(18)9-17/h2-6,8,13-14,17-18H,7,9H2,1H3. The molecule has 3 N–H and O–H groups in total. The highest BCUT2D eigenvalue weighted by Crippen LogP contribution is 2.20. The molecule has 1 aromatic carbocycles. The number of hydrogen-bond donors (Lipinski definition) is 3. The van der Waals surface area contributed by atoms with Gasteiger partial charge in [0, 0.05) is 31.0 Å². The van der Waals surface area contributed by atoms with Crippen molar-refractivity contribution in [1.82, 2.24) is 9.78 Å². The molecular formula is C13H17N3O2. The quantitative estimate of drug-likeness (QED) is 0.732. The molecule has 0 bridgehead atoms. The summed E-state index contributed by atoms with van der Waals surface area (Å²) in [4.78, 5) is 0. The van der Waals surface area contributed by atoms with Gasteiger partial charge < -0.3 is 15.5 Å². The number of benzene rings is 1. The third kappa shape index (κ3) is 3.09. The first kappa shape index (κ1) is 12.6. The molecule has 0 aliphatic heterocycles. The first-order valence-corrected chi connectivity index (χ1v) is 5.81. The van der Waals surface area contributed by atoms with Crippen molar-refractivity contribution in [2.75, 3.05) is 18.5 Å². The second-order valence-electron chi connectivity index (χ2n) is 4.20. The first-order chi connectivity index (χ1) is 8.69. The van der Waals surface area contributed by atoms with Crippen LogP contribution in [0.25, 0.3) is 11.1 Å². The Kier molecular flexibility index (Phi) is 3.96. The summed E-state index contributed by atoms with van der Waals surface area (Å²) < 4.78 is 1.76. The molecule has 1 aromatic heterocycles. The van der Waals surface area contributed by atoms with Crippen LogP contribution in [0.4, 0.5) is 5.69 Å². The van der Waals surface area contributed by atoms with Crippen molar-refractivity contribution in [2.45, 2.75) is 6.10 Å². The molecule has 0 aliphatic carbocycles. The Labute approximate surface area is 106 Å². The number of nitrogens with zero attached hydrogens (tertiary/aromatic N) is 2. The first-order valence-electron chi connectivity index (χ1n) is 5.81. The normalized spacial score (nSPS) is 12.4. The topological polar surface area (TPSA) is 70.3 Å². The number of hydrogen-bond acceptors (Lipinski definition) is 4. The van der Waals surface area contributed by atoms with Gasteiger partial charge in [-0.15, -0.1) is 0 Å². The van der Waals surface area contributed by atoms with Crippen molar-refractivity contribution in [3.05, 3.63) is 36.7 Å². The molecule has 2 rings (SSSR count). The van der Waals surface area contributed by atoms with Gasteiger partial charge in [-0.05, 0) is 17.7 Å². The molecule has 1 atom stereocenters. The van der Waals surface area contributed by atoms with E-state index in [1.807, 2.05) is 43.7 Å². The Hall–Kier alpha value is -1.85. The van der Waals surface area contributed by atoms with Crippen molar-refractivity contribution >= 4 is 5.69 Å². The molecule has 0 aliphatic rings. The fourth-order valence-corrected chi connectivity index (χ4v) is 1.65. The highest BCUT2D eigenvalue weighted by Gasteiger charge is 2.02. The summed E-state index contributed by atoms with van der Waals surface area (Å²) in [6.45, 7) is 0.101. The van der Waals surface area contributed by atoms with Crippen molar-refractivity contribution in [3.8, 4) is 11.1 Å². The lowest BCUT2D eigenvalue weighted by molar-refractivity contribution is 0.105. The van der Waals surface area contributed by atoms with Crippen LogP contribution in [-0.2, 0) is 7.05 Å². The van der Waals surface area contributed by atoms with Crippen LogP contribution in [0.3, 0.4) is 0 Å². The molecule has 0 amide bonds. The van der Waals surface area contributed by atoms with Gasteiger partial charge in [-0.1, -0.05) is 12.1 Å². The summed E-state index contributed by atoms with van der Waals surface area (Å²) >= 11 is 0. The number of aryl methyl sites for hydroxylation is 1. The highest BCUT2D eigenvalue weighted by molar-refractivity contribution is 5.64. The largest absolute Gasteiger partial charge is 0.394 e. The van der Waals surface area contributed by atoms with Crippen LogP contribution >= 0.6 is 0 Å². The molecule has 5 heteroatoms. The maximum Gasteiger partial charge on any atom is 0.0942 e. The van der Waals surface area contributed by atoms with Crippen molar-refractivity contribution in [1.29, 1.82) is 0 Å². The molecule has 0 spiro atoms. The van der Waals surface area contributed by atoms with Crippen molar-refractivity contribution in [3.63, 3.8) is 0 Å². The van der Waals surface area contributed by atoms with Crippen molar-refractivity contribution < 1.29 is 10.2 Å². The zero-order chi connectivity index (χ0) is 13.0.